The summed E-state index contributed by atoms with van der Waals surface area (Å²) >= 11 is 0. The zero-order valence-electron chi connectivity index (χ0n) is 41.9. The van der Waals surface area contributed by atoms with E-state index in [1.54, 1.807) is 0 Å². The van der Waals surface area contributed by atoms with Gasteiger partial charge in [-0.25, -0.2) is 0 Å². The van der Waals surface area contributed by atoms with Gasteiger partial charge in [0, 0.05) is 12.5 Å². The lowest BCUT2D eigenvalue weighted by molar-refractivity contribution is -0.397. The quantitative estimate of drug-likeness (QED) is 0.0656. The van der Waals surface area contributed by atoms with E-state index in [2.05, 4.69) is 39.8 Å². The Labute approximate surface area is 424 Å². The maximum absolute atomic E-state index is 12.3. The molecule has 3 saturated carbocycles. The number of hydrogen-bond donors (Lipinski definition) is 15. The second kappa shape index (κ2) is 23.5. The van der Waals surface area contributed by atoms with Gasteiger partial charge in [-0.3, -0.25) is 0 Å². The highest BCUT2D eigenvalue weighted by atomic mass is 16.8. The first kappa shape index (κ1) is 57.7. The topological polar surface area (TPSA) is 377 Å². The summed E-state index contributed by atoms with van der Waals surface area (Å²) in [5, 5.41) is 163. The van der Waals surface area contributed by atoms with Crippen molar-refractivity contribution in [2.45, 2.75) is 208 Å². The Balaban J connectivity index is 1.04. The van der Waals surface area contributed by atoms with Gasteiger partial charge in [-0.1, -0.05) is 52.3 Å². The SMILES string of the molecule is CCC(C)/C=C/[C@@H](CO)[C@H]1C[C@H](O)[C@H]2[C@@H]3CC=C4[C@@H](O)[C@@H](O[C@@H]5O[C@H](CO)[C@@H](O[C@@H]6O[C@H](CO)[C@H](O)[C@H](O)[C@H]6O)[C@H](O[C@@H]6OC[C@@H](O)[C@@H](O)[C@@H]6O[C@H]6O[C@H](CO)[C@H](O)[C@H](O)[C@H]6O)[C@H]5O)CC[C@]4(C)[C@H]3CC[C@@]21C. The molecule has 30 atom stereocenters. The molecule has 420 valence electrons. The normalized spacial score (nSPS) is 52.2. The number of hydrogen-bond acceptors (Lipinski definition) is 23. The molecule has 4 aliphatic carbocycles. The third-order valence-corrected chi connectivity index (χ3v) is 18.4. The van der Waals surface area contributed by atoms with Crippen molar-refractivity contribution in [3.63, 3.8) is 0 Å². The van der Waals surface area contributed by atoms with E-state index in [0.717, 1.165) is 24.8 Å². The Bertz CT molecular complexity index is 1860. The molecular weight excluding hydrogens is 969 g/mol. The number of aliphatic hydroxyl groups is 15. The average molecular weight is 1050 g/mol. The third-order valence-electron chi connectivity index (χ3n) is 18.4. The van der Waals surface area contributed by atoms with Crippen LogP contribution >= 0.6 is 0 Å². The van der Waals surface area contributed by atoms with Crippen molar-refractivity contribution in [2.24, 2.45) is 46.3 Å². The minimum Gasteiger partial charge on any atom is -0.396 e. The highest BCUT2D eigenvalue weighted by Crippen LogP contribution is 2.67. The van der Waals surface area contributed by atoms with Gasteiger partial charge in [0.2, 0.25) is 0 Å². The van der Waals surface area contributed by atoms with Crippen LogP contribution < -0.4 is 0 Å². The lowest BCUT2D eigenvalue weighted by Gasteiger charge is -2.59. The van der Waals surface area contributed by atoms with Gasteiger partial charge in [0.15, 0.2) is 25.2 Å². The van der Waals surface area contributed by atoms with E-state index in [4.69, 9.17) is 37.9 Å². The molecule has 8 rings (SSSR count). The Kier molecular flexibility index (Phi) is 18.6. The van der Waals surface area contributed by atoms with Gasteiger partial charge < -0.3 is 114 Å². The zero-order valence-corrected chi connectivity index (χ0v) is 41.9. The Morgan fingerprint density at radius 3 is 1.79 bits per heavy atom. The minimum absolute atomic E-state index is 0.00453. The van der Waals surface area contributed by atoms with Crippen molar-refractivity contribution < 1.29 is 114 Å². The van der Waals surface area contributed by atoms with Crippen molar-refractivity contribution in [3.05, 3.63) is 23.8 Å². The summed E-state index contributed by atoms with van der Waals surface area (Å²) in [6.07, 6.45) is -25.7. The summed E-state index contributed by atoms with van der Waals surface area (Å²) in [5.41, 5.74) is 0.0324. The third kappa shape index (κ3) is 10.8. The van der Waals surface area contributed by atoms with Gasteiger partial charge in [0.25, 0.3) is 0 Å². The lowest BCUT2D eigenvalue weighted by atomic mass is 9.46. The van der Waals surface area contributed by atoms with Crippen LogP contribution in [-0.2, 0) is 37.9 Å². The summed E-state index contributed by atoms with van der Waals surface area (Å²) in [4.78, 5) is 0. The summed E-state index contributed by atoms with van der Waals surface area (Å²) in [5.74, 6) is 0.560. The molecule has 0 amide bonds. The molecule has 0 aromatic carbocycles. The van der Waals surface area contributed by atoms with Crippen molar-refractivity contribution in [2.75, 3.05) is 33.0 Å². The van der Waals surface area contributed by atoms with Crippen molar-refractivity contribution in [1.29, 1.82) is 0 Å². The molecule has 7 fully saturated rings. The fourth-order valence-electron chi connectivity index (χ4n) is 13.9. The first-order chi connectivity index (χ1) is 34.7. The van der Waals surface area contributed by atoms with Gasteiger partial charge >= 0.3 is 0 Å². The van der Waals surface area contributed by atoms with Gasteiger partial charge in [-0.05, 0) is 84.5 Å². The maximum atomic E-state index is 12.3. The molecule has 4 aliphatic heterocycles. The van der Waals surface area contributed by atoms with Crippen LogP contribution in [0.4, 0.5) is 0 Å². The molecule has 8 aliphatic rings. The van der Waals surface area contributed by atoms with E-state index in [-0.39, 0.29) is 48.0 Å². The first-order valence-corrected chi connectivity index (χ1v) is 26.2. The molecule has 23 nitrogen and oxygen atoms in total. The van der Waals surface area contributed by atoms with Crippen LogP contribution in [0.2, 0.25) is 0 Å². The molecule has 0 aromatic heterocycles. The van der Waals surface area contributed by atoms with Gasteiger partial charge in [-0.15, -0.1) is 0 Å². The van der Waals surface area contributed by atoms with E-state index in [0.29, 0.717) is 25.2 Å². The summed E-state index contributed by atoms with van der Waals surface area (Å²) in [6, 6.07) is 0. The molecule has 0 radical (unpaired) electrons. The summed E-state index contributed by atoms with van der Waals surface area (Å²) in [7, 11) is 0. The van der Waals surface area contributed by atoms with E-state index in [1.807, 2.05) is 6.08 Å². The smallest absolute Gasteiger partial charge is 0.187 e. The average Bonchev–Trinajstić information content (AvgIpc) is 3.65. The van der Waals surface area contributed by atoms with Crippen molar-refractivity contribution >= 4 is 0 Å². The molecule has 4 saturated heterocycles. The highest BCUT2D eigenvalue weighted by molar-refractivity contribution is 5.30. The molecule has 4 heterocycles. The second-order valence-corrected chi connectivity index (χ2v) is 22.5. The Morgan fingerprint density at radius 1 is 0.630 bits per heavy atom. The number of allylic oxidation sites excluding steroid dienone is 2. The van der Waals surface area contributed by atoms with E-state index >= 15 is 0 Å². The molecule has 15 N–H and O–H groups in total. The number of ether oxygens (including phenoxy) is 8. The van der Waals surface area contributed by atoms with Crippen LogP contribution in [0.1, 0.15) is 72.6 Å². The van der Waals surface area contributed by atoms with E-state index in [9.17, 15) is 76.6 Å². The van der Waals surface area contributed by atoms with Gasteiger partial charge in [0.1, 0.15) is 97.7 Å². The standard InChI is InChI=1S/C50H82O23/c1-5-20(2)6-7-21(15-51)25-14-26(55)32-22-8-9-24-33(57)28(11-13-49(24,3)23(22)10-12-50(25,32)4)67-47-41(65)43(42(31(18-54)70-47)71-45-39(63)37(61)35(59)29(16-52)68-45)72-48-44(34(58)27(56)19-66-48)73-46-40(64)38(62)36(60)30(17-53)69-46/h6-7,9,20-23,25-48,51-65H,5,8,10-19H2,1-4H3/b7-6+/t20?,21-,22+,23-,25+,26-,27+,28-,29+,30+,31+,32+,33+,34+,35-,36-,37-,38-,39+,40+,41+,42+,43+,44-,45-,46+,47+,48-,49+,50+/m0/s1. The molecule has 0 spiro atoms. The largest absolute Gasteiger partial charge is 0.396 e. The minimum atomic E-state index is -1.98. The van der Waals surface area contributed by atoms with E-state index < -0.39 is 167 Å². The number of fused-ring (bicyclic) bond motifs is 5. The molecule has 23 heteroatoms. The molecule has 0 aromatic rings. The lowest BCUT2D eigenvalue weighted by Crippen LogP contribution is -2.67. The molecular formula is C50H82O23. The molecule has 1 unspecified atom stereocenters. The number of rotatable bonds is 16. The fourth-order valence-corrected chi connectivity index (χ4v) is 13.9. The first-order valence-electron chi connectivity index (χ1n) is 26.2. The Morgan fingerprint density at radius 2 is 1.21 bits per heavy atom. The van der Waals surface area contributed by atoms with Crippen LogP contribution in [0.5, 0.6) is 0 Å². The zero-order chi connectivity index (χ0) is 53.0. The van der Waals surface area contributed by atoms with Crippen LogP contribution in [0.3, 0.4) is 0 Å². The molecule has 0 bridgehead atoms. The van der Waals surface area contributed by atoms with Crippen molar-refractivity contribution in [1.82, 2.24) is 0 Å². The van der Waals surface area contributed by atoms with Gasteiger partial charge in [-0.2, -0.15) is 0 Å². The summed E-state index contributed by atoms with van der Waals surface area (Å²) < 4.78 is 47.7. The van der Waals surface area contributed by atoms with Crippen LogP contribution in [0, 0.1) is 46.3 Å². The predicted octanol–water partition coefficient (Wildman–Crippen LogP) is -3.99. The van der Waals surface area contributed by atoms with Crippen molar-refractivity contribution in [3.8, 4) is 0 Å². The predicted molar refractivity (Wildman–Crippen MR) is 248 cm³/mol. The fraction of sp³-hybridized carbons (Fsp3) is 0.920. The Hall–Kier alpha value is -1.44. The monoisotopic (exact) mass is 1050 g/mol. The summed E-state index contributed by atoms with van der Waals surface area (Å²) in [6.45, 7) is 5.54. The van der Waals surface area contributed by atoms with E-state index in [1.165, 1.54) is 0 Å². The van der Waals surface area contributed by atoms with Crippen LogP contribution in [0.25, 0.3) is 0 Å². The van der Waals surface area contributed by atoms with Gasteiger partial charge in [0.05, 0.1) is 38.6 Å². The van der Waals surface area contributed by atoms with Crippen LogP contribution in [-0.4, -0.2) is 245 Å². The second-order valence-electron chi connectivity index (χ2n) is 22.5. The maximum Gasteiger partial charge on any atom is 0.187 e. The van der Waals surface area contributed by atoms with Crippen LogP contribution in [0.15, 0.2) is 23.8 Å². The molecule has 73 heavy (non-hydrogen) atoms. The number of aliphatic hydroxyl groups excluding tert-OH is 15. The highest BCUT2D eigenvalue weighted by Gasteiger charge is 2.64.